The van der Waals surface area contributed by atoms with Gasteiger partial charge in [-0.25, -0.2) is 0 Å². The lowest BCUT2D eigenvalue weighted by atomic mass is 9.85. The maximum absolute atomic E-state index is 2.47. The molecule has 1 aliphatic rings. The molecule has 0 amide bonds. The molecule has 0 N–H and O–H groups in total. The summed E-state index contributed by atoms with van der Waals surface area (Å²) in [6.07, 6.45) is 12.4. The third-order valence-electron chi connectivity index (χ3n) is 3.33. The summed E-state index contributed by atoms with van der Waals surface area (Å²) in [6, 6.07) is 0. The molecule has 1 rings (SSSR count). The van der Waals surface area contributed by atoms with Gasteiger partial charge in [-0.05, 0) is 43.4 Å². The predicted octanol–water partition coefficient (Wildman–Crippen LogP) is 4.97. The van der Waals surface area contributed by atoms with Crippen molar-refractivity contribution in [1.82, 2.24) is 0 Å². The third-order valence-corrected chi connectivity index (χ3v) is 3.33. The van der Waals surface area contributed by atoms with Gasteiger partial charge in [-0.15, -0.1) is 0 Å². The molecule has 0 aromatic carbocycles. The first-order valence-electron chi connectivity index (χ1n) is 6.45. The fourth-order valence-electron chi connectivity index (χ4n) is 2.08. The molecule has 0 aromatic heterocycles. The molecule has 0 radical (unpaired) electrons. The van der Waals surface area contributed by atoms with E-state index in [4.69, 9.17) is 0 Å². The van der Waals surface area contributed by atoms with Crippen molar-refractivity contribution < 1.29 is 0 Å². The van der Waals surface area contributed by atoms with Crippen LogP contribution in [0.1, 0.15) is 53.4 Å². The Morgan fingerprint density at radius 2 is 2.13 bits per heavy atom. The summed E-state index contributed by atoms with van der Waals surface area (Å²) < 4.78 is 0. The Labute approximate surface area is 95.5 Å². The number of hydrogen-bond acceptors (Lipinski definition) is 0. The Morgan fingerprint density at radius 1 is 1.40 bits per heavy atom. The summed E-state index contributed by atoms with van der Waals surface area (Å²) in [4.78, 5) is 0. The SMILES string of the molecule is CC(C)C/C=C/C(C)C1=CCC(C)CC1. The summed E-state index contributed by atoms with van der Waals surface area (Å²) in [5.41, 5.74) is 1.66. The first-order chi connectivity index (χ1) is 7.09. The number of hydrogen-bond donors (Lipinski definition) is 0. The minimum absolute atomic E-state index is 0.663. The molecule has 15 heavy (non-hydrogen) atoms. The zero-order chi connectivity index (χ0) is 11.3. The van der Waals surface area contributed by atoms with Gasteiger partial charge in [-0.2, -0.15) is 0 Å². The molecule has 0 nitrogen and oxygen atoms in total. The summed E-state index contributed by atoms with van der Waals surface area (Å²) in [6.45, 7) is 9.23. The van der Waals surface area contributed by atoms with Crippen molar-refractivity contribution in [3.05, 3.63) is 23.8 Å². The quantitative estimate of drug-likeness (QED) is 0.570. The van der Waals surface area contributed by atoms with Crippen LogP contribution < -0.4 is 0 Å². The molecule has 0 spiro atoms. The molecule has 2 unspecified atom stereocenters. The van der Waals surface area contributed by atoms with Gasteiger partial charge in [0.1, 0.15) is 0 Å². The van der Waals surface area contributed by atoms with E-state index >= 15 is 0 Å². The highest BCUT2D eigenvalue weighted by Crippen LogP contribution is 2.28. The van der Waals surface area contributed by atoms with E-state index in [1.54, 1.807) is 5.57 Å². The average Bonchev–Trinajstić information content (AvgIpc) is 2.18. The van der Waals surface area contributed by atoms with E-state index in [1.165, 1.54) is 25.7 Å². The van der Waals surface area contributed by atoms with E-state index in [2.05, 4.69) is 45.9 Å². The molecule has 0 aliphatic heterocycles. The van der Waals surface area contributed by atoms with Crippen LogP contribution in [0, 0.1) is 17.8 Å². The molecular weight excluding hydrogens is 180 g/mol. The van der Waals surface area contributed by atoms with Crippen LogP contribution in [0.25, 0.3) is 0 Å². The Balaban J connectivity index is 2.40. The zero-order valence-corrected chi connectivity index (χ0v) is 10.8. The molecule has 1 aliphatic carbocycles. The minimum Gasteiger partial charge on any atom is -0.0877 e. The molecule has 0 heteroatoms. The molecule has 86 valence electrons. The topological polar surface area (TPSA) is 0 Å². The average molecular weight is 206 g/mol. The monoisotopic (exact) mass is 206 g/mol. The highest BCUT2D eigenvalue weighted by molar-refractivity contribution is 5.14. The summed E-state index contributed by atoms with van der Waals surface area (Å²) >= 11 is 0. The van der Waals surface area contributed by atoms with Crippen molar-refractivity contribution in [2.45, 2.75) is 53.4 Å². The molecule has 0 aromatic rings. The van der Waals surface area contributed by atoms with E-state index in [0.29, 0.717) is 5.92 Å². The van der Waals surface area contributed by atoms with E-state index in [-0.39, 0.29) is 0 Å². The molecule has 0 heterocycles. The first kappa shape index (κ1) is 12.5. The Morgan fingerprint density at radius 3 is 2.67 bits per heavy atom. The van der Waals surface area contributed by atoms with Crippen LogP contribution in [0.3, 0.4) is 0 Å². The molecular formula is C15H26. The maximum Gasteiger partial charge on any atom is -0.00517 e. The van der Waals surface area contributed by atoms with Crippen LogP contribution >= 0.6 is 0 Å². The summed E-state index contributed by atoms with van der Waals surface area (Å²) in [5.74, 6) is 2.35. The second-order valence-electron chi connectivity index (χ2n) is 5.50. The second kappa shape index (κ2) is 6.15. The molecule has 0 fully saturated rings. The largest absolute Gasteiger partial charge is 0.0877 e. The lowest BCUT2D eigenvalue weighted by Gasteiger charge is -2.21. The van der Waals surface area contributed by atoms with Crippen LogP contribution in [0.2, 0.25) is 0 Å². The van der Waals surface area contributed by atoms with Crippen LogP contribution in [-0.4, -0.2) is 0 Å². The van der Waals surface area contributed by atoms with Crippen LogP contribution in [0.4, 0.5) is 0 Å². The van der Waals surface area contributed by atoms with Crippen molar-refractivity contribution in [2.75, 3.05) is 0 Å². The predicted molar refractivity (Wildman–Crippen MR) is 68.9 cm³/mol. The smallest absolute Gasteiger partial charge is 0.00517 e. The highest BCUT2D eigenvalue weighted by atomic mass is 14.2. The van der Waals surface area contributed by atoms with Crippen LogP contribution in [0.15, 0.2) is 23.8 Å². The molecule has 0 saturated heterocycles. The van der Waals surface area contributed by atoms with Crippen molar-refractivity contribution >= 4 is 0 Å². The first-order valence-corrected chi connectivity index (χ1v) is 6.45. The maximum atomic E-state index is 2.47. The van der Waals surface area contributed by atoms with Crippen molar-refractivity contribution in [2.24, 2.45) is 17.8 Å². The Bertz CT molecular complexity index is 232. The Kier molecular flexibility index (Phi) is 5.14. The highest BCUT2D eigenvalue weighted by Gasteiger charge is 2.12. The van der Waals surface area contributed by atoms with Gasteiger partial charge in [0, 0.05) is 0 Å². The van der Waals surface area contributed by atoms with Gasteiger partial charge >= 0.3 is 0 Å². The van der Waals surface area contributed by atoms with E-state index in [0.717, 1.165) is 11.8 Å². The van der Waals surface area contributed by atoms with Gasteiger partial charge < -0.3 is 0 Å². The summed E-state index contributed by atoms with van der Waals surface area (Å²) in [7, 11) is 0. The van der Waals surface area contributed by atoms with E-state index in [1.807, 2.05) is 0 Å². The van der Waals surface area contributed by atoms with Gasteiger partial charge in [0.15, 0.2) is 0 Å². The fraction of sp³-hybridized carbons (Fsp3) is 0.733. The van der Waals surface area contributed by atoms with Crippen LogP contribution in [-0.2, 0) is 0 Å². The summed E-state index contributed by atoms with van der Waals surface area (Å²) in [5, 5.41) is 0. The standard InChI is InChI=1S/C15H26/c1-12(2)6-5-7-14(4)15-10-8-13(3)9-11-15/h5,7,10,12-14H,6,8-9,11H2,1-4H3/b7-5+. The van der Waals surface area contributed by atoms with E-state index in [9.17, 15) is 0 Å². The van der Waals surface area contributed by atoms with Crippen molar-refractivity contribution in [3.63, 3.8) is 0 Å². The third kappa shape index (κ3) is 4.68. The van der Waals surface area contributed by atoms with Crippen LogP contribution in [0.5, 0.6) is 0 Å². The molecule has 2 atom stereocenters. The number of rotatable bonds is 4. The van der Waals surface area contributed by atoms with Crippen molar-refractivity contribution in [3.8, 4) is 0 Å². The van der Waals surface area contributed by atoms with Gasteiger partial charge in [-0.3, -0.25) is 0 Å². The zero-order valence-electron chi connectivity index (χ0n) is 10.8. The molecule has 0 bridgehead atoms. The lowest BCUT2D eigenvalue weighted by Crippen LogP contribution is -2.06. The second-order valence-corrected chi connectivity index (χ2v) is 5.50. The van der Waals surface area contributed by atoms with E-state index < -0.39 is 0 Å². The fourth-order valence-corrected chi connectivity index (χ4v) is 2.08. The normalized spacial score (nSPS) is 24.6. The Hall–Kier alpha value is -0.520. The number of allylic oxidation sites excluding steroid dienone is 4. The van der Waals surface area contributed by atoms with Crippen molar-refractivity contribution in [1.29, 1.82) is 0 Å². The minimum atomic E-state index is 0.663. The lowest BCUT2D eigenvalue weighted by molar-refractivity contribution is 0.497. The van der Waals surface area contributed by atoms with Gasteiger partial charge in [0.25, 0.3) is 0 Å². The molecule has 0 saturated carbocycles. The van der Waals surface area contributed by atoms with Gasteiger partial charge in [0.05, 0.1) is 0 Å². The van der Waals surface area contributed by atoms with Gasteiger partial charge in [-0.1, -0.05) is 51.5 Å². The van der Waals surface area contributed by atoms with Gasteiger partial charge in [0.2, 0.25) is 0 Å².